The number of hydrogen-bond acceptors (Lipinski definition) is 5. The molecular formula is C25H29N3O5S. The van der Waals surface area contributed by atoms with Gasteiger partial charge in [0.2, 0.25) is 15.9 Å². The summed E-state index contributed by atoms with van der Waals surface area (Å²) in [7, 11) is -3.83. The van der Waals surface area contributed by atoms with Gasteiger partial charge in [-0.25, -0.2) is 8.42 Å². The first-order valence-corrected chi connectivity index (χ1v) is 13.2. The third-order valence-electron chi connectivity index (χ3n) is 7.00. The smallest absolute Gasteiger partial charge is 0.265 e. The van der Waals surface area contributed by atoms with E-state index in [2.05, 4.69) is 17.4 Å². The van der Waals surface area contributed by atoms with E-state index in [9.17, 15) is 18.0 Å². The first kappa shape index (κ1) is 22.9. The second kappa shape index (κ2) is 8.70. The van der Waals surface area contributed by atoms with Crippen LogP contribution in [0.2, 0.25) is 0 Å². The first-order valence-electron chi connectivity index (χ1n) is 11.7. The van der Waals surface area contributed by atoms with E-state index in [1.165, 1.54) is 15.9 Å². The predicted octanol–water partition coefficient (Wildman–Crippen LogP) is 2.70. The summed E-state index contributed by atoms with van der Waals surface area (Å²) in [5.74, 6) is -0.258. The van der Waals surface area contributed by atoms with Crippen LogP contribution in [-0.2, 0) is 32.6 Å². The maximum Gasteiger partial charge on any atom is 0.265 e. The van der Waals surface area contributed by atoms with Crippen molar-refractivity contribution in [1.29, 1.82) is 0 Å². The summed E-state index contributed by atoms with van der Waals surface area (Å²) < 4.78 is 34.3. The molecule has 2 atom stereocenters. The van der Waals surface area contributed by atoms with Gasteiger partial charge in [0.15, 0.2) is 6.10 Å². The van der Waals surface area contributed by atoms with Crippen molar-refractivity contribution in [2.45, 2.75) is 50.7 Å². The van der Waals surface area contributed by atoms with Gasteiger partial charge in [-0.05, 0) is 55.9 Å². The molecule has 1 fully saturated rings. The molecule has 1 N–H and O–H groups in total. The average Bonchev–Trinajstić information content (AvgIpc) is 2.84. The molecule has 0 saturated carbocycles. The van der Waals surface area contributed by atoms with E-state index >= 15 is 0 Å². The molecule has 2 aromatic rings. The van der Waals surface area contributed by atoms with Gasteiger partial charge in [-0.1, -0.05) is 24.3 Å². The molecule has 180 valence electrons. The van der Waals surface area contributed by atoms with E-state index in [4.69, 9.17) is 4.74 Å². The molecule has 0 unspecified atom stereocenters. The van der Waals surface area contributed by atoms with E-state index in [0.29, 0.717) is 49.5 Å². The highest BCUT2D eigenvalue weighted by Gasteiger charge is 2.37. The van der Waals surface area contributed by atoms with Crippen molar-refractivity contribution in [3.05, 3.63) is 53.1 Å². The molecular weight excluding hydrogens is 454 g/mol. The van der Waals surface area contributed by atoms with Gasteiger partial charge in [0, 0.05) is 32.2 Å². The summed E-state index contributed by atoms with van der Waals surface area (Å²) >= 11 is 0. The molecule has 0 spiro atoms. The lowest BCUT2D eigenvalue weighted by atomic mass is 9.95. The fraction of sp³-hybridized carbons (Fsp3) is 0.440. The molecule has 34 heavy (non-hydrogen) atoms. The molecule has 3 aliphatic heterocycles. The highest BCUT2D eigenvalue weighted by Crippen LogP contribution is 2.36. The van der Waals surface area contributed by atoms with E-state index in [1.54, 1.807) is 19.9 Å². The number of amides is 2. The first-order chi connectivity index (χ1) is 16.2. The van der Waals surface area contributed by atoms with Crippen LogP contribution in [0.25, 0.3) is 0 Å². The number of nitrogens with one attached hydrogen (secondary N) is 1. The van der Waals surface area contributed by atoms with Gasteiger partial charge < -0.3 is 15.0 Å². The number of ether oxygens (including phenoxy) is 1. The lowest BCUT2D eigenvalue weighted by Crippen LogP contribution is -2.47. The maximum absolute atomic E-state index is 13.6. The number of hydrogen-bond donors (Lipinski definition) is 1. The summed E-state index contributed by atoms with van der Waals surface area (Å²) in [4.78, 5) is 27.3. The standard InChI is InChI=1S/C25H29N3O5S/c1-16-12-21-22(33-17(2)24(29)26-21)13-23(16)34(31,32)28-10-5-8-20(15-28)25(30)27-11-9-18-6-3-4-7-19(18)14-27/h3-4,6-7,12-13,17,20H,5,8-11,14-15H2,1-2H3,(H,26,29)/t17-,20+/m1/s1. The SMILES string of the molecule is Cc1cc2c(cc1S(=O)(=O)N1CCC[C@H](C(=O)N3CCc4ccccc4C3)C1)O[C@H](C)C(=O)N2. The second-order valence-corrected chi connectivity index (χ2v) is 11.3. The van der Waals surface area contributed by atoms with Gasteiger partial charge in [0.25, 0.3) is 5.91 Å². The van der Waals surface area contributed by atoms with Crippen molar-refractivity contribution in [1.82, 2.24) is 9.21 Å². The lowest BCUT2D eigenvalue weighted by Gasteiger charge is -2.36. The Morgan fingerprint density at radius 3 is 2.71 bits per heavy atom. The summed E-state index contributed by atoms with van der Waals surface area (Å²) in [6.07, 6.45) is 1.43. The molecule has 3 aliphatic rings. The number of piperidine rings is 1. The molecule has 3 heterocycles. The Hall–Kier alpha value is -2.91. The van der Waals surface area contributed by atoms with Crippen LogP contribution in [0.5, 0.6) is 5.75 Å². The minimum atomic E-state index is -3.83. The van der Waals surface area contributed by atoms with E-state index < -0.39 is 16.1 Å². The molecule has 8 nitrogen and oxygen atoms in total. The van der Waals surface area contributed by atoms with Gasteiger partial charge >= 0.3 is 0 Å². The Labute approximate surface area is 199 Å². The zero-order valence-corrected chi connectivity index (χ0v) is 20.2. The number of benzene rings is 2. The van der Waals surface area contributed by atoms with Gasteiger partial charge in [0.05, 0.1) is 16.5 Å². The summed E-state index contributed by atoms with van der Waals surface area (Å²) in [6.45, 7) is 5.10. The molecule has 9 heteroatoms. The molecule has 0 radical (unpaired) electrons. The highest BCUT2D eigenvalue weighted by molar-refractivity contribution is 7.89. The van der Waals surface area contributed by atoms with Gasteiger partial charge in [-0.2, -0.15) is 4.31 Å². The lowest BCUT2D eigenvalue weighted by molar-refractivity contribution is -0.137. The van der Waals surface area contributed by atoms with Crippen LogP contribution in [0.1, 0.15) is 36.5 Å². The van der Waals surface area contributed by atoms with Crippen LogP contribution in [-0.4, -0.2) is 55.2 Å². The van der Waals surface area contributed by atoms with Crippen LogP contribution in [0.4, 0.5) is 5.69 Å². The molecule has 5 rings (SSSR count). The van der Waals surface area contributed by atoms with Gasteiger partial charge in [-0.15, -0.1) is 0 Å². The normalized spacial score (nSPS) is 22.9. The Morgan fingerprint density at radius 1 is 1.15 bits per heavy atom. The number of anilines is 1. The van der Waals surface area contributed by atoms with Crippen LogP contribution in [0.15, 0.2) is 41.3 Å². The van der Waals surface area contributed by atoms with Crippen molar-refractivity contribution >= 4 is 27.5 Å². The zero-order chi connectivity index (χ0) is 24.0. The van der Waals surface area contributed by atoms with Crippen LogP contribution in [0.3, 0.4) is 0 Å². The molecule has 0 bridgehead atoms. The van der Waals surface area contributed by atoms with Crippen molar-refractivity contribution < 1.29 is 22.7 Å². The fourth-order valence-corrected chi connectivity index (χ4v) is 6.81. The highest BCUT2D eigenvalue weighted by atomic mass is 32.2. The van der Waals surface area contributed by atoms with Crippen LogP contribution >= 0.6 is 0 Å². The number of sulfonamides is 1. The van der Waals surface area contributed by atoms with Crippen molar-refractivity contribution in [3.8, 4) is 5.75 Å². The Morgan fingerprint density at radius 2 is 1.91 bits per heavy atom. The average molecular weight is 484 g/mol. The van der Waals surface area contributed by atoms with Crippen LogP contribution < -0.4 is 10.1 Å². The Kier molecular flexibility index (Phi) is 5.85. The van der Waals surface area contributed by atoms with Crippen LogP contribution in [0, 0.1) is 12.8 Å². The van der Waals surface area contributed by atoms with Crippen molar-refractivity contribution in [2.24, 2.45) is 5.92 Å². The number of rotatable bonds is 3. The number of fused-ring (bicyclic) bond motifs is 2. The fourth-order valence-electron chi connectivity index (χ4n) is 5.06. The van der Waals surface area contributed by atoms with E-state index in [1.807, 2.05) is 17.0 Å². The second-order valence-electron chi connectivity index (χ2n) is 9.34. The van der Waals surface area contributed by atoms with Crippen molar-refractivity contribution in [3.63, 3.8) is 0 Å². The van der Waals surface area contributed by atoms with Gasteiger partial charge in [0.1, 0.15) is 5.75 Å². The summed E-state index contributed by atoms with van der Waals surface area (Å²) in [5.41, 5.74) is 3.43. The van der Waals surface area contributed by atoms with Gasteiger partial charge in [-0.3, -0.25) is 9.59 Å². The quantitative estimate of drug-likeness (QED) is 0.724. The topological polar surface area (TPSA) is 96.0 Å². The van der Waals surface area contributed by atoms with E-state index in [0.717, 1.165) is 12.0 Å². The predicted molar refractivity (Wildman–Crippen MR) is 127 cm³/mol. The number of carbonyl (C=O) groups excluding carboxylic acids is 2. The minimum Gasteiger partial charge on any atom is -0.479 e. The number of carbonyl (C=O) groups is 2. The van der Waals surface area contributed by atoms with E-state index in [-0.39, 0.29) is 29.2 Å². The number of nitrogens with zero attached hydrogens (tertiary/aromatic N) is 2. The molecule has 0 aliphatic carbocycles. The molecule has 1 saturated heterocycles. The molecule has 2 aromatic carbocycles. The minimum absolute atomic E-state index is 0.0245. The zero-order valence-electron chi connectivity index (χ0n) is 19.4. The maximum atomic E-state index is 13.6. The van der Waals surface area contributed by atoms with Crippen molar-refractivity contribution in [2.75, 3.05) is 25.0 Å². The third kappa shape index (κ3) is 4.07. The summed E-state index contributed by atoms with van der Waals surface area (Å²) in [6, 6.07) is 11.3. The Bertz CT molecular complexity index is 1260. The molecule has 0 aromatic heterocycles. The Balaban J connectivity index is 1.35. The monoisotopic (exact) mass is 483 g/mol. The number of aryl methyl sites for hydroxylation is 1. The molecule has 2 amide bonds. The largest absolute Gasteiger partial charge is 0.479 e. The third-order valence-corrected chi connectivity index (χ3v) is 9.01. The summed E-state index contributed by atoms with van der Waals surface area (Å²) in [5, 5.41) is 2.75.